The molecule has 0 fully saturated rings. The highest BCUT2D eigenvalue weighted by Crippen LogP contribution is 2.38. The van der Waals surface area contributed by atoms with Gasteiger partial charge in [0, 0.05) is 22.0 Å². The van der Waals surface area contributed by atoms with Crippen molar-refractivity contribution in [3.8, 4) is 28.1 Å². The lowest BCUT2D eigenvalue weighted by Gasteiger charge is -2.08. The van der Waals surface area contributed by atoms with Gasteiger partial charge in [-0.15, -0.1) is 0 Å². The zero-order valence-corrected chi connectivity index (χ0v) is 14.7. The summed E-state index contributed by atoms with van der Waals surface area (Å²) in [5.74, 6) is 0.906. The third-order valence-corrected chi connectivity index (χ3v) is 4.66. The number of carbonyl (C=O) groups excluding carboxylic acids is 1. The van der Waals surface area contributed by atoms with Crippen LogP contribution in [0.25, 0.3) is 33.3 Å². The molecule has 0 saturated carbocycles. The van der Waals surface area contributed by atoms with Gasteiger partial charge in [-0.25, -0.2) is 0 Å². The number of fused-ring (bicyclic) bond motifs is 1. The molecule has 0 atom stereocenters. The molecule has 1 heterocycles. The summed E-state index contributed by atoms with van der Waals surface area (Å²) < 4.78 is 5.27. The molecule has 3 heteroatoms. The van der Waals surface area contributed by atoms with Crippen molar-refractivity contribution < 1.29 is 9.53 Å². The fraction of sp³-hybridized carbons (Fsp3) is 0.0870. The summed E-state index contributed by atoms with van der Waals surface area (Å²) in [4.78, 5) is 15.1. The summed E-state index contributed by atoms with van der Waals surface area (Å²) >= 11 is 0. The molecule has 3 aromatic carbocycles. The normalized spacial score (nSPS) is 10.8. The van der Waals surface area contributed by atoms with Crippen LogP contribution < -0.4 is 4.74 Å². The van der Waals surface area contributed by atoms with Gasteiger partial charge < -0.3 is 9.72 Å². The molecule has 3 nitrogen and oxygen atoms in total. The molecule has 4 aromatic rings. The number of para-hydroxylation sites is 1. The SMILES string of the molecule is COc1ccc(-c2[nH]c3ccccc3c2-c2ccc(C(C)=O)cc2)cc1. The number of carbonyl (C=O) groups is 1. The first kappa shape index (κ1) is 16.2. The molecule has 4 rings (SSSR count). The van der Waals surface area contributed by atoms with Crippen LogP contribution in [0.4, 0.5) is 0 Å². The van der Waals surface area contributed by atoms with E-state index < -0.39 is 0 Å². The first-order valence-corrected chi connectivity index (χ1v) is 8.54. The minimum absolute atomic E-state index is 0.0749. The Morgan fingerprint density at radius 3 is 2.15 bits per heavy atom. The van der Waals surface area contributed by atoms with Crippen molar-refractivity contribution in [2.45, 2.75) is 6.92 Å². The van der Waals surface area contributed by atoms with Gasteiger partial charge in [0.2, 0.25) is 0 Å². The number of aromatic nitrogens is 1. The van der Waals surface area contributed by atoms with Gasteiger partial charge in [-0.2, -0.15) is 0 Å². The number of H-pyrrole nitrogens is 1. The van der Waals surface area contributed by atoms with E-state index >= 15 is 0 Å². The highest BCUT2D eigenvalue weighted by Gasteiger charge is 2.15. The van der Waals surface area contributed by atoms with E-state index in [0.29, 0.717) is 0 Å². The highest BCUT2D eigenvalue weighted by molar-refractivity contribution is 6.04. The molecule has 0 unspecified atom stereocenters. The lowest BCUT2D eigenvalue weighted by Crippen LogP contribution is -1.91. The molecule has 0 amide bonds. The molecular weight excluding hydrogens is 322 g/mol. The van der Waals surface area contributed by atoms with Crippen molar-refractivity contribution in [2.75, 3.05) is 7.11 Å². The van der Waals surface area contributed by atoms with Gasteiger partial charge in [0.25, 0.3) is 0 Å². The lowest BCUT2D eigenvalue weighted by molar-refractivity contribution is 0.101. The third-order valence-electron chi connectivity index (χ3n) is 4.66. The number of ether oxygens (including phenoxy) is 1. The van der Waals surface area contributed by atoms with Crippen molar-refractivity contribution in [1.82, 2.24) is 4.98 Å². The van der Waals surface area contributed by atoms with E-state index in [4.69, 9.17) is 4.74 Å². The van der Waals surface area contributed by atoms with Crippen LogP contribution in [0.1, 0.15) is 17.3 Å². The van der Waals surface area contributed by atoms with Crippen LogP contribution in [0, 0.1) is 0 Å². The number of hydrogen-bond acceptors (Lipinski definition) is 2. The standard InChI is InChI=1S/C23H19NO2/c1-15(25)16-7-9-17(10-8-16)22-20-5-3-4-6-21(20)24-23(22)18-11-13-19(26-2)14-12-18/h3-14,24H,1-2H3. The number of benzene rings is 3. The van der Waals surface area contributed by atoms with E-state index in [1.165, 1.54) is 0 Å². The highest BCUT2D eigenvalue weighted by atomic mass is 16.5. The molecule has 0 radical (unpaired) electrons. The Hall–Kier alpha value is -3.33. The van der Waals surface area contributed by atoms with Crippen molar-refractivity contribution in [2.24, 2.45) is 0 Å². The van der Waals surface area contributed by atoms with Crippen molar-refractivity contribution >= 4 is 16.7 Å². The average Bonchev–Trinajstić information content (AvgIpc) is 3.07. The molecular formula is C23H19NO2. The zero-order valence-electron chi connectivity index (χ0n) is 14.7. The Balaban J connectivity index is 1.92. The molecule has 1 aromatic heterocycles. The predicted octanol–water partition coefficient (Wildman–Crippen LogP) is 5.71. The molecule has 26 heavy (non-hydrogen) atoms. The largest absolute Gasteiger partial charge is 0.497 e. The van der Waals surface area contributed by atoms with Gasteiger partial charge in [-0.1, -0.05) is 42.5 Å². The van der Waals surface area contributed by atoms with E-state index in [2.05, 4.69) is 29.2 Å². The Morgan fingerprint density at radius 2 is 1.50 bits per heavy atom. The molecule has 0 bridgehead atoms. The minimum Gasteiger partial charge on any atom is -0.497 e. The Bertz CT molecular complexity index is 1070. The monoisotopic (exact) mass is 341 g/mol. The molecule has 0 aliphatic rings. The summed E-state index contributed by atoms with van der Waals surface area (Å²) in [6.45, 7) is 1.59. The fourth-order valence-corrected chi connectivity index (χ4v) is 3.29. The van der Waals surface area contributed by atoms with Gasteiger partial charge in [0.05, 0.1) is 12.8 Å². The van der Waals surface area contributed by atoms with E-state index in [9.17, 15) is 4.79 Å². The second kappa shape index (κ2) is 6.52. The van der Waals surface area contributed by atoms with Crippen LogP contribution in [-0.2, 0) is 0 Å². The molecule has 0 aliphatic carbocycles. The average molecular weight is 341 g/mol. The second-order valence-electron chi connectivity index (χ2n) is 6.28. The first-order valence-electron chi connectivity index (χ1n) is 8.54. The number of aromatic amines is 1. The maximum atomic E-state index is 11.6. The number of methoxy groups -OCH3 is 1. The van der Waals surface area contributed by atoms with Crippen LogP contribution >= 0.6 is 0 Å². The zero-order chi connectivity index (χ0) is 18.1. The van der Waals surface area contributed by atoms with Crippen LogP contribution in [0.15, 0.2) is 72.8 Å². The number of Topliss-reactive ketones (excluding diaryl/α,β-unsaturated/α-hetero) is 1. The van der Waals surface area contributed by atoms with Crippen LogP contribution in [0.2, 0.25) is 0 Å². The topological polar surface area (TPSA) is 42.1 Å². The maximum Gasteiger partial charge on any atom is 0.159 e. The Kier molecular flexibility index (Phi) is 4.05. The molecule has 1 N–H and O–H groups in total. The second-order valence-corrected chi connectivity index (χ2v) is 6.28. The van der Waals surface area contributed by atoms with E-state index in [-0.39, 0.29) is 5.78 Å². The number of hydrogen-bond donors (Lipinski definition) is 1. The number of ketones is 1. The predicted molar refractivity (Wildman–Crippen MR) is 106 cm³/mol. The van der Waals surface area contributed by atoms with Crippen LogP contribution in [0.5, 0.6) is 5.75 Å². The summed E-state index contributed by atoms with van der Waals surface area (Å²) in [6.07, 6.45) is 0. The molecule has 0 saturated heterocycles. The quantitative estimate of drug-likeness (QED) is 0.483. The summed E-state index contributed by atoms with van der Waals surface area (Å²) in [5, 5.41) is 1.16. The Labute approximate surface area is 152 Å². The smallest absolute Gasteiger partial charge is 0.159 e. The summed E-state index contributed by atoms with van der Waals surface area (Å²) in [7, 11) is 1.67. The van der Waals surface area contributed by atoms with E-state index in [0.717, 1.165) is 44.6 Å². The van der Waals surface area contributed by atoms with Gasteiger partial charge >= 0.3 is 0 Å². The van der Waals surface area contributed by atoms with Crippen LogP contribution in [0.3, 0.4) is 0 Å². The van der Waals surface area contributed by atoms with Crippen molar-refractivity contribution in [3.05, 3.63) is 78.4 Å². The fourth-order valence-electron chi connectivity index (χ4n) is 3.29. The summed E-state index contributed by atoms with van der Waals surface area (Å²) in [6, 6.07) is 24.1. The van der Waals surface area contributed by atoms with E-state index in [1.54, 1.807) is 14.0 Å². The molecule has 0 spiro atoms. The van der Waals surface area contributed by atoms with Crippen molar-refractivity contribution in [3.63, 3.8) is 0 Å². The van der Waals surface area contributed by atoms with Gasteiger partial charge in [-0.05, 0) is 48.4 Å². The minimum atomic E-state index is 0.0749. The lowest BCUT2D eigenvalue weighted by atomic mass is 9.97. The summed E-state index contributed by atoms with van der Waals surface area (Å²) in [5.41, 5.74) is 6.18. The molecule has 0 aliphatic heterocycles. The van der Waals surface area contributed by atoms with Gasteiger partial charge in [0.15, 0.2) is 5.78 Å². The third kappa shape index (κ3) is 2.78. The maximum absolute atomic E-state index is 11.6. The Morgan fingerprint density at radius 1 is 0.846 bits per heavy atom. The van der Waals surface area contributed by atoms with E-state index in [1.807, 2.05) is 48.5 Å². The van der Waals surface area contributed by atoms with Crippen LogP contribution in [-0.4, -0.2) is 17.9 Å². The number of rotatable bonds is 4. The molecule has 128 valence electrons. The van der Waals surface area contributed by atoms with Gasteiger partial charge in [-0.3, -0.25) is 4.79 Å². The number of nitrogens with one attached hydrogen (secondary N) is 1. The van der Waals surface area contributed by atoms with Crippen molar-refractivity contribution in [1.29, 1.82) is 0 Å². The first-order chi connectivity index (χ1) is 12.7. The van der Waals surface area contributed by atoms with Gasteiger partial charge in [0.1, 0.15) is 5.75 Å².